The van der Waals surface area contributed by atoms with Crippen molar-refractivity contribution in [3.8, 4) is 11.3 Å². The maximum absolute atomic E-state index is 11.8. The Hall–Kier alpha value is -3.46. The Labute approximate surface area is 163 Å². The molecule has 0 aliphatic heterocycles. The molecular formula is C19H25N7O2. The third kappa shape index (κ3) is 5.27. The number of carboxylic acids is 1. The van der Waals surface area contributed by atoms with Crippen molar-refractivity contribution in [3.05, 3.63) is 47.8 Å². The van der Waals surface area contributed by atoms with Crippen LogP contribution in [0.5, 0.6) is 0 Å². The Kier molecular flexibility index (Phi) is 7.05. The van der Waals surface area contributed by atoms with Crippen LogP contribution in [0.1, 0.15) is 25.8 Å². The van der Waals surface area contributed by atoms with Gasteiger partial charge in [0.1, 0.15) is 5.82 Å². The van der Waals surface area contributed by atoms with E-state index in [4.69, 9.17) is 17.4 Å². The summed E-state index contributed by atoms with van der Waals surface area (Å²) in [6, 6.07) is 7.16. The Morgan fingerprint density at radius 2 is 2.07 bits per heavy atom. The molecule has 28 heavy (non-hydrogen) atoms. The first-order chi connectivity index (χ1) is 13.3. The number of nitrogen functional groups attached to an aromatic ring is 1. The molecule has 0 bridgehead atoms. The van der Waals surface area contributed by atoms with E-state index in [-0.39, 0.29) is 11.8 Å². The Bertz CT molecular complexity index is 876. The molecule has 0 saturated heterocycles. The number of anilines is 1. The van der Waals surface area contributed by atoms with Crippen LogP contribution in [0, 0.1) is 11.8 Å². The lowest BCUT2D eigenvalue weighted by Crippen LogP contribution is -2.37. The lowest BCUT2D eigenvalue weighted by Gasteiger charge is -2.19. The number of hydrogen-bond acceptors (Lipinski definition) is 7. The van der Waals surface area contributed by atoms with E-state index in [0.717, 1.165) is 11.3 Å². The number of nitrogens with two attached hydrogens (primary N) is 3. The number of pyridine rings is 2. The number of nitrogens with one attached hydrogen (secondary N) is 1. The molecule has 0 spiro atoms. The molecule has 0 saturated carbocycles. The van der Waals surface area contributed by atoms with Gasteiger partial charge in [-0.05, 0) is 42.2 Å². The quantitative estimate of drug-likeness (QED) is 0.208. The highest BCUT2D eigenvalue weighted by molar-refractivity contribution is 6.05. The van der Waals surface area contributed by atoms with E-state index >= 15 is 0 Å². The first-order valence-corrected chi connectivity index (χ1v) is 8.73. The summed E-state index contributed by atoms with van der Waals surface area (Å²) in [5, 5.41) is 13.3. The molecule has 2 rings (SSSR count). The second-order valence-electron chi connectivity index (χ2n) is 6.69. The average molecular weight is 383 g/mol. The lowest BCUT2D eigenvalue weighted by molar-refractivity contribution is -0.140. The summed E-state index contributed by atoms with van der Waals surface area (Å²) in [7, 11) is 0. The van der Waals surface area contributed by atoms with E-state index in [1.54, 1.807) is 30.6 Å². The number of aliphatic carboxylic acids is 1. The van der Waals surface area contributed by atoms with Gasteiger partial charge in [0.25, 0.3) is 0 Å². The van der Waals surface area contributed by atoms with Crippen molar-refractivity contribution in [1.29, 1.82) is 0 Å². The Balaban J connectivity index is 2.44. The van der Waals surface area contributed by atoms with Crippen molar-refractivity contribution in [2.75, 3.05) is 5.73 Å². The van der Waals surface area contributed by atoms with Gasteiger partial charge in [-0.25, -0.2) is 10.8 Å². The smallest absolute Gasteiger partial charge is 0.311 e. The third-order valence-electron chi connectivity index (χ3n) is 4.11. The summed E-state index contributed by atoms with van der Waals surface area (Å²) in [4.78, 5) is 20.2. The van der Waals surface area contributed by atoms with Crippen molar-refractivity contribution in [2.45, 2.75) is 20.3 Å². The number of aromatic nitrogens is 2. The van der Waals surface area contributed by atoms with Crippen LogP contribution in [0.4, 0.5) is 5.82 Å². The van der Waals surface area contributed by atoms with Crippen molar-refractivity contribution in [3.63, 3.8) is 0 Å². The van der Waals surface area contributed by atoms with Crippen LogP contribution in [-0.2, 0) is 4.79 Å². The molecule has 1 atom stereocenters. The van der Waals surface area contributed by atoms with Gasteiger partial charge in [0, 0.05) is 23.5 Å². The average Bonchev–Trinajstić information content (AvgIpc) is 2.66. The molecule has 2 aromatic rings. The fraction of sp³-hybridized carbons (Fsp3) is 0.263. The van der Waals surface area contributed by atoms with Gasteiger partial charge < -0.3 is 22.1 Å². The monoisotopic (exact) mass is 383 g/mol. The molecule has 0 amide bonds. The highest BCUT2D eigenvalue weighted by Gasteiger charge is 2.27. The van der Waals surface area contributed by atoms with Gasteiger partial charge in [0.2, 0.25) is 0 Å². The van der Waals surface area contributed by atoms with Crippen LogP contribution >= 0.6 is 0 Å². The SMILES string of the molecule is CC(C)CC(C(=O)O)C(=C/c1ccc(-c2ccnc(N)c2)nc1)/C(=N\N)NN. The van der Waals surface area contributed by atoms with Gasteiger partial charge >= 0.3 is 5.97 Å². The van der Waals surface area contributed by atoms with E-state index < -0.39 is 11.9 Å². The summed E-state index contributed by atoms with van der Waals surface area (Å²) in [5.41, 5.74) is 10.7. The van der Waals surface area contributed by atoms with E-state index in [1.165, 1.54) is 0 Å². The number of hydrazone groups is 1. The fourth-order valence-electron chi connectivity index (χ4n) is 2.81. The molecule has 0 aliphatic carbocycles. The number of rotatable bonds is 7. The van der Waals surface area contributed by atoms with E-state index in [2.05, 4.69) is 20.5 Å². The van der Waals surface area contributed by atoms with Crippen LogP contribution < -0.4 is 22.8 Å². The number of carbonyl (C=O) groups is 1. The van der Waals surface area contributed by atoms with E-state index in [9.17, 15) is 9.90 Å². The molecule has 8 N–H and O–H groups in total. The second kappa shape index (κ2) is 9.47. The summed E-state index contributed by atoms with van der Waals surface area (Å²) in [5.74, 6) is 9.76. The van der Waals surface area contributed by atoms with Gasteiger partial charge in [0.15, 0.2) is 5.84 Å². The largest absolute Gasteiger partial charge is 0.481 e. The highest BCUT2D eigenvalue weighted by Crippen LogP contribution is 2.25. The van der Waals surface area contributed by atoms with Crippen LogP contribution in [0.2, 0.25) is 0 Å². The minimum Gasteiger partial charge on any atom is -0.481 e. The molecule has 148 valence electrons. The molecule has 0 aromatic carbocycles. The first-order valence-electron chi connectivity index (χ1n) is 8.73. The number of hydrazine groups is 1. The lowest BCUT2D eigenvalue weighted by atomic mass is 9.88. The molecule has 9 heteroatoms. The predicted octanol–water partition coefficient (Wildman–Crippen LogP) is 1.59. The van der Waals surface area contributed by atoms with Crippen molar-refractivity contribution < 1.29 is 9.90 Å². The van der Waals surface area contributed by atoms with Gasteiger partial charge in [-0.3, -0.25) is 9.78 Å². The van der Waals surface area contributed by atoms with Crippen LogP contribution in [-0.4, -0.2) is 26.9 Å². The van der Waals surface area contributed by atoms with Crippen molar-refractivity contribution in [1.82, 2.24) is 15.4 Å². The van der Waals surface area contributed by atoms with Gasteiger partial charge in [-0.1, -0.05) is 19.9 Å². The zero-order chi connectivity index (χ0) is 20.7. The Morgan fingerprint density at radius 1 is 1.32 bits per heavy atom. The van der Waals surface area contributed by atoms with Crippen molar-refractivity contribution >= 4 is 23.7 Å². The number of hydrogen-bond donors (Lipinski definition) is 5. The molecule has 2 heterocycles. The predicted molar refractivity (Wildman–Crippen MR) is 109 cm³/mol. The number of nitrogens with zero attached hydrogens (tertiary/aromatic N) is 3. The molecule has 9 nitrogen and oxygen atoms in total. The minimum atomic E-state index is -0.979. The Morgan fingerprint density at radius 3 is 2.57 bits per heavy atom. The fourth-order valence-corrected chi connectivity index (χ4v) is 2.81. The summed E-state index contributed by atoms with van der Waals surface area (Å²) < 4.78 is 0. The third-order valence-corrected chi connectivity index (χ3v) is 4.11. The molecule has 2 aromatic heterocycles. The topological polar surface area (TPSA) is 166 Å². The first kappa shape index (κ1) is 20.8. The van der Waals surface area contributed by atoms with E-state index in [0.29, 0.717) is 23.4 Å². The summed E-state index contributed by atoms with van der Waals surface area (Å²) in [6.07, 6.45) is 5.32. The maximum atomic E-state index is 11.8. The molecule has 0 aliphatic rings. The number of carboxylic acid groups (broad SMARTS) is 1. The van der Waals surface area contributed by atoms with Gasteiger partial charge in [-0.2, -0.15) is 5.10 Å². The second-order valence-corrected chi connectivity index (χ2v) is 6.69. The maximum Gasteiger partial charge on any atom is 0.311 e. The summed E-state index contributed by atoms with van der Waals surface area (Å²) in [6.45, 7) is 3.89. The standard InChI is InChI=1S/C19H25N7O2/c1-11(2)7-15(19(27)28)14(18(25-21)26-22)8-12-3-4-16(24-10-12)13-5-6-23-17(20)9-13/h3-6,8-11,15H,7,21-22H2,1-2H3,(H2,20,23)(H,25,26)(H,27,28)/b14-8-. The molecule has 1 unspecified atom stereocenters. The van der Waals surface area contributed by atoms with Crippen LogP contribution in [0.3, 0.4) is 0 Å². The van der Waals surface area contributed by atoms with Crippen molar-refractivity contribution in [2.24, 2.45) is 28.6 Å². The summed E-state index contributed by atoms with van der Waals surface area (Å²) >= 11 is 0. The highest BCUT2D eigenvalue weighted by atomic mass is 16.4. The van der Waals surface area contributed by atoms with Gasteiger partial charge in [0.05, 0.1) is 11.6 Å². The van der Waals surface area contributed by atoms with Crippen LogP contribution in [0.15, 0.2) is 47.3 Å². The van der Waals surface area contributed by atoms with E-state index in [1.807, 2.05) is 26.0 Å². The minimum absolute atomic E-state index is 0.110. The zero-order valence-electron chi connectivity index (χ0n) is 15.8. The van der Waals surface area contributed by atoms with Gasteiger partial charge in [-0.15, -0.1) is 0 Å². The zero-order valence-corrected chi connectivity index (χ0v) is 15.8. The molecular weight excluding hydrogens is 358 g/mol. The molecule has 0 radical (unpaired) electrons. The molecule has 0 fully saturated rings. The number of amidine groups is 1. The van der Waals surface area contributed by atoms with Crippen LogP contribution in [0.25, 0.3) is 17.3 Å². The normalized spacial score (nSPS) is 13.4.